The van der Waals surface area contributed by atoms with Gasteiger partial charge in [-0.1, -0.05) is 0 Å². The zero-order valence-corrected chi connectivity index (χ0v) is 7.32. The summed E-state index contributed by atoms with van der Waals surface area (Å²) in [5.41, 5.74) is 0. The second kappa shape index (κ2) is 5.52. The molecule has 0 atom stereocenters. The molecule has 0 radical (unpaired) electrons. The van der Waals surface area contributed by atoms with Crippen LogP contribution in [0.4, 0.5) is 0 Å². The van der Waals surface area contributed by atoms with Crippen molar-refractivity contribution < 1.29 is 0 Å². The van der Waals surface area contributed by atoms with Crippen LogP contribution in [-0.4, -0.2) is 39.8 Å². The van der Waals surface area contributed by atoms with E-state index in [1.165, 1.54) is 19.5 Å². The van der Waals surface area contributed by atoms with Crippen molar-refractivity contribution in [2.75, 3.05) is 39.8 Å². The average Bonchev–Trinajstić information content (AvgIpc) is 2.28. The van der Waals surface area contributed by atoms with Crippen molar-refractivity contribution >= 4 is 0 Å². The fourth-order valence-corrected chi connectivity index (χ4v) is 1.41. The zero-order chi connectivity index (χ0) is 7.94. The molecule has 0 aliphatic carbocycles. The molecule has 1 rings (SSSR count). The van der Waals surface area contributed by atoms with Gasteiger partial charge in [0.05, 0.1) is 0 Å². The van der Waals surface area contributed by atoms with Crippen molar-refractivity contribution in [2.45, 2.75) is 6.42 Å². The lowest BCUT2D eigenvalue weighted by atomic mass is 10.1. The number of rotatable bonds is 3. The van der Waals surface area contributed by atoms with E-state index < -0.39 is 0 Å². The Morgan fingerprint density at radius 2 is 1.91 bits per heavy atom. The fourth-order valence-electron chi connectivity index (χ4n) is 1.41. The number of nitrogens with one attached hydrogen (secondary N) is 3. The Morgan fingerprint density at radius 1 is 1.27 bits per heavy atom. The van der Waals surface area contributed by atoms with Gasteiger partial charge in [0.2, 0.25) is 0 Å². The molecule has 0 saturated carbocycles. The molecule has 0 spiro atoms. The summed E-state index contributed by atoms with van der Waals surface area (Å²) < 4.78 is 0. The maximum atomic E-state index is 3.42. The first kappa shape index (κ1) is 8.97. The molecule has 0 aromatic carbocycles. The van der Waals surface area contributed by atoms with Crippen LogP contribution in [0.3, 0.4) is 0 Å². The van der Waals surface area contributed by atoms with Crippen LogP contribution in [0.25, 0.3) is 0 Å². The molecule has 0 bridgehead atoms. The quantitative estimate of drug-likeness (QED) is 0.512. The van der Waals surface area contributed by atoms with E-state index >= 15 is 0 Å². The minimum absolute atomic E-state index is 0.810. The normalized spacial score (nSPS) is 21.5. The second-order valence-electron chi connectivity index (χ2n) is 3.17. The van der Waals surface area contributed by atoms with Crippen molar-refractivity contribution in [3.05, 3.63) is 0 Å². The van der Waals surface area contributed by atoms with Crippen LogP contribution >= 0.6 is 0 Å². The first-order valence-corrected chi connectivity index (χ1v) is 4.49. The van der Waals surface area contributed by atoms with Crippen molar-refractivity contribution in [3.8, 4) is 0 Å². The Labute approximate surface area is 68.9 Å². The first-order valence-electron chi connectivity index (χ1n) is 4.49. The Hall–Kier alpha value is -0.120. The van der Waals surface area contributed by atoms with E-state index in [1.54, 1.807) is 0 Å². The fraction of sp³-hybridized carbons (Fsp3) is 1.00. The van der Waals surface area contributed by atoms with Crippen molar-refractivity contribution in [1.82, 2.24) is 16.0 Å². The van der Waals surface area contributed by atoms with Crippen LogP contribution in [0.5, 0.6) is 0 Å². The van der Waals surface area contributed by atoms with E-state index in [4.69, 9.17) is 0 Å². The van der Waals surface area contributed by atoms with Crippen LogP contribution in [0.15, 0.2) is 0 Å². The molecule has 0 amide bonds. The van der Waals surface area contributed by atoms with Gasteiger partial charge in [-0.15, -0.1) is 0 Å². The van der Waals surface area contributed by atoms with Crippen LogP contribution in [0.2, 0.25) is 0 Å². The molecule has 3 N–H and O–H groups in total. The topological polar surface area (TPSA) is 36.1 Å². The van der Waals surface area contributed by atoms with Crippen LogP contribution in [0, 0.1) is 5.92 Å². The van der Waals surface area contributed by atoms with E-state index in [9.17, 15) is 0 Å². The minimum atomic E-state index is 0.810. The van der Waals surface area contributed by atoms with Gasteiger partial charge < -0.3 is 16.0 Å². The summed E-state index contributed by atoms with van der Waals surface area (Å²) in [6.45, 7) is 5.73. The minimum Gasteiger partial charge on any atom is -0.320 e. The molecule has 66 valence electrons. The highest BCUT2D eigenvalue weighted by molar-refractivity contribution is 4.70. The van der Waals surface area contributed by atoms with Gasteiger partial charge in [0.1, 0.15) is 0 Å². The van der Waals surface area contributed by atoms with Gasteiger partial charge in [0.15, 0.2) is 0 Å². The highest BCUT2D eigenvalue weighted by Gasteiger charge is 2.09. The first-order chi connectivity index (χ1) is 5.43. The summed E-state index contributed by atoms with van der Waals surface area (Å²) in [7, 11) is 2.01. The predicted molar refractivity (Wildman–Crippen MR) is 47.8 cm³/mol. The molecule has 0 aromatic rings. The van der Waals surface area contributed by atoms with E-state index in [2.05, 4.69) is 16.0 Å². The third kappa shape index (κ3) is 3.70. The van der Waals surface area contributed by atoms with Crippen molar-refractivity contribution in [3.63, 3.8) is 0 Å². The van der Waals surface area contributed by atoms with Crippen molar-refractivity contribution in [2.24, 2.45) is 5.92 Å². The smallest absolute Gasteiger partial charge is 0.00768 e. The second-order valence-corrected chi connectivity index (χ2v) is 3.17. The molecular formula is C8H19N3. The Bertz CT molecular complexity index is 87.3. The maximum absolute atomic E-state index is 3.42. The van der Waals surface area contributed by atoms with Gasteiger partial charge in [0.25, 0.3) is 0 Å². The summed E-state index contributed by atoms with van der Waals surface area (Å²) in [6.07, 6.45) is 1.27. The molecule has 3 nitrogen and oxygen atoms in total. The molecule has 0 unspecified atom stereocenters. The molecule has 11 heavy (non-hydrogen) atoms. The largest absolute Gasteiger partial charge is 0.320 e. The molecule has 1 heterocycles. The summed E-state index contributed by atoms with van der Waals surface area (Å²) in [5, 5.41) is 10.0. The number of hydrogen-bond donors (Lipinski definition) is 3. The lowest BCUT2D eigenvalue weighted by Crippen LogP contribution is -2.26. The summed E-state index contributed by atoms with van der Waals surface area (Å²) in [6, 6.07) is 0. The van der Waals surface area contributed by atoms with E-state index in [0.29, 0.717) is 0 Å². The zero-order valence-electron chi connectivity index (χ0n) is 7.32. The Kier molecular flexibility index (Phi) is 4.50. The molecule has 1 aliphatic heterocycles. The van der Waals surface area contributed by atoms with Gasteiger partial charge >= 0.3 is 0 Å². The Morgan fingerprint density at radius 3 is 2.45 bits per heavy atom. The highest BCUT2D eigenvalue weighted by atomic mass is 15.0. The average molecular weight is 157 g/mol. The van der Waals surface area contributed by atoms with Crippen LogP contribution in [0.1, 0.15) is 6.42 Å². The third-order valence-electron chi connectivity index (χ3n) is 2.15. The summed E-state index contributed by atoms with van der Waals surface area (Å²) in [4.78, 5) is 0. The highest BCUT2D eigenvalue weighted by Crippen LogP contribution is 2.00. The van der Waals surface area contributed by atoms with Gasteiger partial charge in [-0.2, -0.15) is 0 Å². The SMILES string of the molecule is CNCCC1CNCCNC1. The maximum Gasteiger partial charge on any atom is 0.00768 e. The molecule has 1 saturated heterocycles. The Balaban J connectivity index is 2.09. The third-order valence-corrected chi connectivity index (χ3v) is 2.15. The van der Waals surface area contributed by atoms with E-state index in [0.717, 1.165) is 25.6 Å². The molecule has 1 fully saturated rings. The lowest BCUT2D eigenvalue weighted by molar-refractivity contribution is 0.456. The van der Waals surface area contributed by atoms with Gasteiger partial charge in [-0.3, -0.25) is 0 Å². The van der Waals surface area contributed by atoms with E-state index in [1.807, 2.05) is 7.05 Å². The van der Waals surface area contributed by atoms with Crippen molar-refractivity contribution in [1.29, 1.82) is 0 Å². The molecule has 0 aromatic heterocycles. The summed E-state index contributed by atoms with van der Waals surface area (Å²) >= 11 is 0. The van der Waals surface area contributed by atoms with Crippen LogP contribution < -0.4 is 16.0 Å². The predicted octanol–water partition coefficient (Wildman–Crippen LogP) is -0.595. The van der Waals surface area contributed by atoms with Gasteiger partial charge in [-0.25, -0.2) is 0 Å². The van der Waals surface area contributed by atoms with Gasteiger partial charge in [-0.05, 0) is 39.0 Å². The molecular weight excluding hydrogens is 138 g/mol. The monoisotopic (exact) mass is 157 g/mol. The van der Waals surface area contributed by atoms with Crippen LogP contribution in [-0.2, 0) is 0 Å². The molecule has 1 aliphatic rings. The molecule has 3 heteroatoms. The summed E-state index contributed by atoms with van der Waals surface area (Å²) in [5.74, 6) is 0.810. The lowest BCUT2D eigenvalue weighted by Gasteiger charge is -2.12. The van der Waals surface area contributed by atoms with Gasteiger partial charge in [0, 0.05) is 13.1 Å². The number of hydrogen-bond acceptors (Lipinski definition) is 3. The van der Waals surface area contributed by atoms with E-state index in [-0.39, 0.29) is 0 Å². The standard InChI is InChI=1S/C8H19N3/c1-9-3-2-8-6-10-4-5-11-7-8/h8-11H,2-7H2,1H3.